The Kier molecular flexibility index (Phi) is 4.01. The van der Waals surface area contributed by atoms with Crippen LogP contribution in [0.2, 0.25) is 5.02 Å². The van der Waals surface area contributed by atoms with Crippen molar-refractivity contribution in [3.05, 3.63) is 52.1 Å². The molecule has 6 heteroatoms. The number of halogens is 1. The average Bonchev–Trinajstić information content (AvgIpc) is 2.64. The molecule has 0 saturated heterocycles. The van der Waals surface area contributed by atoms with E-state index < -0.39 is 0 Å². The fourth-order valence-corrected chi connectivity index (χ4v) is 3.13. The second-order valence-electron chi connectivity index (χ2n) is 5.68. The Hall–Kier alpha value is -2.66. The highest BCUT2D eigenvalue weighted by molar-refractivity contribution is 6.32. The summed E-state index contributed by atoms with van der Waals surface area (Å²) < 4.78 is 22.0. The van der Waals surface area contributed by atoms with Crippen LogP contribution in [0.4, 0.5) is 0 Å². The molecule has 2 heterocycles. The maximum atomic E-state index is 12.8. The van der Waals surface area contributed by atoms with E-state index in [1.165, 1.54) is 0 Å². The fraction of sp³-hybridized carbons (Fsp3) is 0.211. The number of fused-ring (bicyclic) bond motifs is 2. The molecule has 0 aromatic heterocycles. The van der Waals surface area contributed by atoms with Crippen molar-refractivity contribution in [1.29, 1.82) is 0 Å². The van der Waals surface area contributed by atoms with Gasteiger partial charge < -0.3 is 18.9 Å². The number of carbonyl (C=O) groups is 1. The zero-order chi connectivity index (χ0) is 17.4. The normalized spacial score (nSPS) is 17.0. The summed E-state index contributed by atoms with van der Waals surface area (Å²) in [6.07, 6.45) is 1.76. The molecule has 25 heavy (non-hydrogen) atoms. The molecule has 0 atom stereocenters. The molecule has 2 aliphatic heterocycles. The van der Waals surface area contributed by atoms with Crippen LogP contribution in [-0.2, 0) is 0 Å². The van der Waals surface area contributed by atoms with Crippen molar-refractivity contribution in [3.8, 4) is 23.0 Å². The van der Waals surface area contributed by atoms with Crippen LogP contribution < -0.4 is 18.9 Å². The molecule has 0 N–H and O–H groups in total. The molecule has 0 amide bonds. The van der Waals surface area contributed by atoms with Crippen molar-refractivity contribution in [2.45, 2.75) is 0 Å². The smallest absolute Gasteiger partial charge is 0.196 e. The van der Waals surface area contributed by atoms with Gasteiger partial charge >= 0.3 is 0 Å². The molecule has 0 aliphatic carbocycles. The summed E-state index contributed by atoms with van der Waals surface area (Å²) in [5.74, 6) is 2.20. The average molecular weight is 359 g/mol. The van der Waals surface area contributed by atoms with Crippen molar-refractivity contribution in [1.82, 2.24) is 0 Å². The van der Waals surface area contributed by atoms with Gasteiger partial charge in [-0.2, -0.15) is 0 Å². The number of ketones is 1. The fourth-order valence-electron chi connectivity index (χ4n) is 2.86. The van der Waals surface area contributed by atoms with Gasteiger partial charge in [0.15, 0.2) is 17.3 Å². The number of hydrogen-bond acceptors (Lipinski definition) is 5. The first-order chi connectivity index (χ1) is 12.2. The summed E-state index contributed by atoms with van der Waals surface area (Å²) >= 11 is 6.26. The number of Topliss-reactive ketones (excluding diaryl/α,β-unsaturated/α-hetero) is 1. The van der Waals surface area contributed by atoms with Crippen LogP contribution in [0.5, 0.6) is 23.0 Å². The second kappa shape index (κ2) is 6.33. The maximum absolute atomic E-state index is 12.8. The molecule has 0 fully saturated rings. The van der Waals surface area contributed by atoms with Gasteiger partial charge in [0.25, 0.3) is 0 Å². The number of benzene rings is 2. The van der Waals surface area contributed by atoms with Crippen LogP contribution >= 0.6 is 11.6 Å². The summed E-state index contributed by atoms with van der Waals surface area (Å²) in [6.45, 7) is 1.14. The van der Waals surface area contributed by atoms with E-state index in [4.69, 9.17) is 30.5 Å². The number of rotatable bonds is 2. The van der Waals surface area contributed by atoms with Crippen LogP contribution in [0.3, 0.4) is 0 Å². The Morgan fingerprint density at radius 2 is 1.92 bits per heavy atom. The number of hydrogen-bond donors (Lipinski definition) is 0. The highest BCUT2D eigenvalue weighted by atomic mass is 35.5. The first kappa shape index (κ1) is 15.8. The minimum absolute atomic E-state index is 0.0915. The van der Waals surface area contributed by atoms with E-state index in [0.717, 1.165) is 5.56 Å². The molecule has 0 saturated carbocycles. The predicted octanol–water partition coefficient (Wildman–Crippen LogP) is 3.78. The number of carbonyl (C=O) groups excluding carboxylic acids is 1. The van der Waals surface area contributed by atoms with Crippen LogP contribution in [0.25, 0.3) is 6.08 Å². The van der Waals surface area contributed by atoms with Gasteiger partial charge in [0, 0.05) is 5.57 Å². The topological polar surface area (TPSA) is 54.0 Å². The Labute approximate surface area is 149 Å². The van der Waals surface area contributed by atoms with E-state index in [0.29, 0.717) is 52.4 Å². The lowest BCUT2D eigenvalue weighted by Gasteiger charge is -2.21. The molecular formula is C19H15ClO5. The van der Waals surface area contributed by atoms with E-state index in [2.05, 4.69) is 0 Å². The Balaban J connectivity index is 1.70. The summed E-state index contributed by atoms with van der Waals surface area (Å²) in [5, 5.41) is 0.454. The highest BCUT2D eigenvalue weighted by Crippen LogP contribution is 2.39. The third-order valence-corrected chi connectivity index (χ3v) is 4.35. The highest BCUT2D eigenvalue weighted by Gasteiger charge is 2.24. The lowest BCUT2D eigenvalue weighted by atomic mass is 9.98. The number of methoxy groups -OCH3 is 1. The molecule has 0 bridgehead atoms. The van der Waals surface area contributed by atoms with E-state index in [1.54, 1.807) is 37.5 Å². The zero-order valence-electron chi connectivity index (χ0n) is 13.5. The molecule has 128 valence electrons. The van der Waals surface area contributed by atoms with E-state index in [1.807, 2.05) is 6.07 Å². The summed E-state index contributed by atoms with van der Waals surface area (Å²) in [4.78, 5) is 12.8. The SMILES string of the molecule is COc1ccc2c(c1)C(=O)/C(=C/c1cc(Cl)c3c(c1)OCCO3)CO2. The van der Waals surface area contributed by atoms with Crippen molar-refractivity contribution < 1.29 is 23.7 Å². The molecule has 0 radical (unpaired) electrons. The molecule has 0 spiro atoms. The Morgan fingerprint density at radius 3 is 2.76 bits per heavy atom. The molecule has 2 aromatic carbocycles. The minimum atomic E-state index is -0.0915. The van der Waals surface area contributed by atoms with Gasteiger partial charge in [-0.25, -0.2) is 0 Å². The third-order valence-electron chi connectivity index (χ3n) is 4.07. The van der Waals surface area contributed by atoms with Crippen molar-refractivity contribution in [3.63, 3.8) is 0 Å². The molecule has 2 aromatic rings. The van der Waals surface area contributed by atoms with Crippen molar-refractivity contribution in [2.75, 3.05) is 26.9 Å². The Bertz CT molecular complexity index is 888. The zero-order valence-corrected chi connectivity index (χ0v) is 14.3. The summed E-state index contributed by atoms with van der Waals surface area (Å²) in [6, 6.07) is 8.74. The Morgan fingerprint density at radius 1 is 1.08 bits per heavy atom. The summed E-state index contributed by atoms with van der Waals surface area (Å²) in [7, 11) is 1.56. The molecular weight excluding hydrogens is 344 g/mol. The van der Waals surface area contributed by atoms with Crippen LogP contribution in [0.15, 0.2) is 35.9 Å². The molecule has 4 rings (SSSR count). The predicted molar refractivity (Wildman–Crippen MR) is 93.2 cm³/mol. The second-order valence-corrected chi connectivity index (χ2v) is 6.08. The first-order valence-corrected chi connectivity index (χ1v) is 8.19. The van der Waals surface area contributed by atoms with Crippen LogP contribution in [-0.4, -0.2) is 32.7 Å². The van der Waals surface area contributed by atoms with Gasteiger partial charge in [0.1, 0.15) is 31.3 Å². The maximum Gasteiger partial charge on any atom is 0.196 e. The van der Waals surface area contributed by atoms with Gasteiger partial charge in [0.2, 0.25) is 0 Å². The third kappa shape index (κ3) is 2.91. The van der Waals surface area contributed by atoms with Gasteiger partial charge in [-0.15, -0.1) is 0 Å². The monoisotopic (exact) mass is 358 g/mol. The van der Waals surface area contributed by atoms with Gasteiger partial charge in [-0.3, -0.25) is 4.79 Å². The lowest BCUT2D eigenvalue weighted by Crippen LogP contribution is -2.19. The molecule has 0 unspecified atom stereocenters. The van der Waals surface area contributed by atoms with E-state index in [-0.39, 0.29) is 12.4 Å². The van der Waals surface area contributed by atoms with E-state index in [9.17, 15) is 4.79 Å². The minimum Gasteiger partial charge on any atom is -0.497 e. The largest absolute Gasteiger partial charge is 0.497 e. The molecule has 5 nitrogen and oxygen atoms in total. The lowest BCUT2D eigenvalue weighted by molar-refractivity contribution is 0.100. The van der Waals surface area contributed by atoms with Gasteiger partial charge in [0.05, 0.1) is 17.7 Å². The van der Waals surface area contributed by atoms with Gasteiger partial charge in [-0.1, -0.05) is 11.6 Å². The van der Waals surface area contributed by atoms with Crippen LogP contribution in [0, 0.1) is 0 Å². The molecule has 2 aliphatic rings. The van der Waals surface area contributed by atoms with Crippen molar-refractivity contribution >= 4 is 23.5 Å². The number of ether oxygens (including phenoxy) is 4. The van der Waals surface area contributed by atoms with E-state index >= 15 is 0 Å². The standard InChI is InChI=1S/C19H15ClO5/c1-22-13-2-3-16-14(9-13)18(21)12(10-25-16)6-11-7-15(20)19-17(8-11)23-4-5-24-19/h2-3,6-9H,4-5,10H2,1H3/b12-6+. The quantitative estimate of drug-likeness (QED) is 0.765. The van der Waals surface area contributed by atoms with Crippen LogP contribution in [0.1, 0.15) is 15.9 Å². The first-order valence-electron chi connectivity index (χ1n) is 7.81. The van der Waals surface area contributed by atoms with Crippen molar-refractivity contribution in [2.24, 2.45) is 0 Å². The van der Waals surface area contributed by atoms with Gasteiger partial charge in [-0.05, 0) is 42.0 Å². The summed E-state index contributed by atoms with van der Waals surface area (Å²) in [5.41, 5.74) is 1.78.